The van der Waals surface area contributed by atoms with Crippen LogP contribution in [0.2, 0.25) is 5.15 Å². The second-order valence-electron chi connectivity index (χ2n) is 1.97. The Kier molecular flexibility index (Phi) is 3.28. The first kappa shape index (κ1) is 9.42. The molecule has 1 heterocycles. The van der Waals surface area contributed by atoms with Crippen LogP contribution in [0.3, 0.4) is 0 Å². The summed E-state index contributed by atoms with van der Waals surface area (Å²) in [5, 5.41) is 1.13. The zero-order chi connectivity index (χ0) is 8.43. The molecule has 0 aromatic carbocycles. The maximum atomic E-state index is 5.72. The van der Waals surface area contributed by atoms with E-state index in [9.17, 15) is 0 Å². The maximum absolute atomic E-state index is 5.72. The number of hydrogen-bond donors (Lipinski definition) is 0. The molecule has 0 aliphatic carbocycles. The molecule has 0 amide bonds. The Balaban J connectivity index is 3.21. The fourth-order valence-corrected chi connectivity index (χ4v) is 2.01. The van der Waals surface area contributed by atoms with E-state index < -0.39 is 0 Å². The lowest BCUT2D eigenvalue weighted by Crippen LogP contribution is -1.94. The van der Waals surface area contributed by atoms with Crippen LogP contribution in [0.4, 0.5) is 0 Å². The molecule has 0 aliphatic heterocycles. The summed E-state index contributed by atoms with van der Waals surface area (Å²) in [5.74, 6) is 0. The molecular weight excluding hydrogens is 295 g/mol. The van der Waals surface area contributed by atoms with Gasteiger partial charge in [-0.2, -0.15) is 0 Å². The highest BCUT2D eigenvalue weighted by Gasteiger charge is 2.05. The molecule has 2 nitrogen and oxygen atoms in total. The zero-order valence-corrected chi connectivity index (χ0v) is 9.66. The van der Waals surface area contributed by atoms with Crippen LogP contribution in [-0.2, 0) is 5.33 Å². The minimum Gasteiger partial charge on any atom is -0.251 e. The largest absolute Gasteiger partial charge is 0.251 e. The van der Waals surface area contributed by atoms with Crippen LogP contribution in [0.25, 0.3) is 0 Å². The van der Waals surface area contributed by atoms with E-state index in [1.807, 2.05) is 6.92 Å². The Labute approximate surface area is 86.6 Å². The monoisotopic (exact) mass is 298 g/mol. The molecule has 0 saturated heterocycles. The number of aromatic nitrogens is 2. The van der Waals surface area contributed by atoms with Crippen molar-refractivity contribution in [3.8, 4) is 0 Å². The Morgan fingerprint density at radius 2 is 2.09 bits per heavy atom. The van der Waals surface area contributed by atoms with E-state index in [0.717, 1.165) is 11.4 Å². The number of aryl methyl sites for hydroxylation is 1. The van der Waals surface area contributed by atoms with Gasteiger partial charge in [-0.1, -0.05) is 27.5 Å². The Morgan fingerprint density at radius 1 is 1.45 bits per heavy atom. The van der Waals surface area contributed by atoms with Gasteiger partial charge >= 0.3 is 0 Å². The van der Waals surface area contributed by atoms with Crippen molar-refractivity contribution in [1.82, 2.24) is 9.97 Å². The average molecular weight is 300 g/mol. The van der Waals surface area contributed by atoms with Crippen molar-refractivity contribution in [3.63, 3.8) is 0 Å². The van der Waals surface area contributed by atoms with Gasteiger partial charge in [0.15, 0.2) is 5.15 Å². The number of nitrogens with zero attached hydrogens (tertiary/aromatic N) is 2. The first-order valence-electron chi connectivity index (χ1n) is 2.89. The van der Waals surface area contributed by atoms with Gasteiger partial charge < -0.3 is 0 Å². The highest BCUT2D eigenvalue weighted by atomic mass is 79.9. The van der Waals surface area contributed by atoms with Gasteiger partial charge in [0, 0.05) is 5.33 Å². The molecule has 60 valence electrons. The van der Waals surface area contributed by atoms with E-state index in [1.54, 1.807) is 0 Å². The van der Waals surface area contributed by atoms with Crippen molar-refractivity contribution in [3.05, 3.63) is 21.1 Å². The predicted molar refractivity (Wildman–Crippen MR) is 52.1 cm³/mol. The fourth-order valence-electron chi connectivity index (χ4n) is 0.611. The van der Waals surface area contributed by atoms with E-state index in [2.05, 4.69) is 41.8 Å². The van der Waals surface area contributed by atoms with Gasteiger partial charge in [-0.05, 0) is 22.9 Å². The SMILES string of the molecule is Cc1nc(CBr)c(Br)nc1Cl. The fraction of sp³-hybridized carbons (Fsp3) is 0.333. The number of alkyl halides is 1. The van der Waals surface area contributed by atoms with Crippen LogP contribution in [0.5, 0.6) is 0 Å². The first-order chi connectivity index (χ1) is 5.15. The van der Waals surface area contributed by atoms with Crippen molar-refractivity contribution in [1.29, 1.82) is 0 Å². The lowest BCUT2D eigenvalue weighted by atomic mass is 10.4. The molecule has 0 radical (unpaired) electrons. The standard InChI is InChI=1S/C6H5Br2ClN2/c1-3-6(9)11-5(8)4(2-7)10-3/h2H2,1H3. The third-order valence-corrected chi connectivity index (χ3v) is 2.69. The summed E-state index contributed by atoms with van der Waals surface area (Å²) in [6.45, 7) is 1.83. The lowest BCUT2D eigenvalue weighted by Gasteiger charge is -2.01. The van der Waals surface area contributed by atoms with Gasteiger partial charge in [0.2, 0.25) is 0 Å². The smallest absolute Gasteiger partial charge is 0.151 e. The number of rotatable bonds is 1. The molecule has 5 heteroatoms. The van der Waals surface area contributed by atoms with Gasteiger partial charge in [-0.25, -0.2) is 4.98 Å². The normalized spacial score (nSPS) is 10.2. The second kappa shape index (κ2) is 3.83. The predicted octanol–water partition coefficient (Wildman–Crippen LogP) is 3.10. The van der Waals surface area contributed by atoms with Gasteiger partial charge in [0.1, 0.15) is 4.60 Å². The number of hydrogen-bond acceptors (Lipinski definition) is 2. The van der Waals surface area contributed by atoms with Gasteiger partial charge in [0.05, 0.1) is 11.4 Å². The topological polar surface area (TPSA) is 25.8 Å². The Morgan fingerprint density at radius 3 is 2.64 bits per heavy atom. The molecule has 0 atom stereocenters. The molecule has 0 fully saturated rings. The van der Waals surface area contributed by atoms with Crippen molar-refractivity contribution in [2.24, 2.45) is 0 Å². The van der Waals surface area contributed by atoms with Crippen molar-refractivity contribution >= 4 is 43.5 Å². The van der Waals surface area contributed by atoms with Crippen LogP contribution in [-0.4, -0.2) is 9.97 Å². The molecule has 0 bridgehead atoms. The van der Waals surface area contributed by atoms with Crippen LogP contribution in [0.15, 0.2) is 4.60 Å². The van der Waals surface area contributed by atoms with E-state index in [1.165, 1.54) is 0 Å². The highest BCUT2D eigenvalue weighted by Crippen LogP contribution is 2.19. The summed E-state index contributed by atoms with van der Waals surface area (Å²) in [7, 11) is 0. The van der Waals surface area contributed by atoms with Crippen molar-refractivity contribution in [2.45, 2.75) is 12.3 Å². The van der Waals surface area contributed by atoms with Crippen LogP contribution < -0.4 is 0 Å². The van der Waals surface area contributed by atoms with Crippen LogP contribution in [0, 0.1) is 6.92 Å². The molecular formula is C6H5Br2ClN2. The second-order valence-corrected chi connectivity index (χ2v) is 3.64. The molecule has 0 saturated carbocycles. The number of halogens is 3. The van der Waals surface area contributed by atoms with E-state index in [0.29, 0.717) is 15.1 Å². The van der Waals surface area contributed by atoms with E-state index >= 15 is 0 Å². The summed E-state index contributed by atoms with van der Waals surface area (Å²) in [5.41, 5.74) is 1.62. The average Bonchev–Trinajstić information content (AvgIpc) is 1.97. The van der Waals surface area contributed by atoms with E-state index in [-0.39, 0.29) is 0 Å². The molecule has 11 heavy (non-hydrogen) atoms. The molecule has 0 unspecified atom stereocenters. The molecule has 0 N–H and O–H groups in total. The molecule has 1 aromatic rings. The van der Waals surface area contributed by atoms with Gasteiger partial charge in [0.25, 0.3) is 0 Å². The third-order valence-electron chi connectivity index (χ3n) is 1.16. The maximum Gasteiger partial charge on any atom is 0.151 e. The van der Waals surface area contributed by atoms with E-state index in [4.69, 9.17) is 11.6 Å². The Bertz CT molecular complexity index is 278. The zero-order valence-electron chi connectivity index (χ0n) is 5.74. The lowest BCUT2D eigenvalue weighted by molar-refractivity contribution is 1.02. The summed E-state index contributed by atoms with van der Waals surface area (Å²) >= 11 is 12.3. The van der Waals surface area contributed by atoms with Crippen molar-refractivity contribution < 1.29 is 0 Å². The van der Waals surface area contributed by atoms with Crippen LogP contribution in [0.1, 0.15) is 11.4 Å². The quantitative estimate of drug-likeness (QED) is 0.745. The Hall–Kier alpha value is 0.330. The summed E-state index contributed by atoms with van der Waals surface area (Å²) in [6, 6.07) is 0. The minimum absolute atomic E-state index is 0.446. The van der Waals surface area contributed by atoms with Gasteiger partial charge in [-0.3, -0.25) is 4.98 Å². The minimum atomic E-state index is 0.446. The third kappa shape index (κ3) is 2.13. The van der Waals surface area contributed by atoms with Gasteiger partial charge in [-0.15, -0.1) is 0 Å². The summed E-state index contributed by atoms with van der Waals surface area (Å²) in [6.07, 6.45) is 0. The molecule has 0 aliphatic rings. The summed E-state index contributed by atoms with van der Waals surface area (Å²) in [4.78, 5) is 8.24. The molecule has 0 spiro atoms. The summed E-state index contributed by atoms with van der Waals surface area (Å²) < 4.78 is 0.699. The van der Waals surface area contributed by atoms with Crippen LogP contribution >= 0.6 is 43.5 Å². The molecule has 1 rings (SSSR count). The highest BCUT2D eigenvalue weighted by molar-refractivity contribution is 9.10. The molecule has 1 aromatic heterocycles. The first-order valence-corrected chi connectivity index (χ1v) is 5.19. The van der Waals surface area contributed by atoms with Crippen molar-refractivity contribution in [2.75, 3.05) is 0 Å².